The highest BCUT2D eigenvalue weighted by Gasteiger charge is 2.07. The topological polar surface area (TPSA) is 71.4 Å². The molecule has 0 aliphatic rings. The van der Waals surface area contributed by atoms with Crippen LogP contribution in [0.1, 0.15) is 21.5 Å². The molecule has 2 aromatic carbocycles. The van der Waals surface area contributed by atoms with Crippen molar-refractivity contribution in [3.63, 3.8) is 0 Å². The van der Waals surface area contributed by atoms with Crippen molar-refractivity contribution in [1.82, 2.24) is 0 Å². The van der Waals surface area contributed by atoms with E-state index in [0.29, 0.717) is 22.1 Å². The highest BCUT2D eigenvalue weighted by molar-refractivity contribution is 7.88. The first-order chi connectivity index (χ1) is 9.46. The van der Waals surface area contributed by atoms with E-state index in [0.717, 1.165) is 0 Å². The lowest BCUT2D eigenvalue weighted by molar-refractivity contribution is 0.103. The Balaban J connectivity index is 2.21. The van der Waals surface area contributed by atoms with Crippen LogP contribution in [0.2, 0.25) is 0 Å². The summed E-state index contributed by atoms with van der Waals surface area (Å²) < 4.78 is 29.8. The second kappa shape index (κ2) is 5.81. The van der Waals surface area contributed by atoms with Crippen LogP contribution >= 0.6 is 0 Å². The quantitative estimate of drug-likeness (QED) is 0.693. The van der Waals surface area contributed by atoms with Crippen LogP contribution in [0.25, 0.3) is 6.08 Å². The summed E-state index contributed by atoms with van der Waals surface area (Å²) in [4.78, 5) is 12.1. The van der Waals surface area contributed by atoms with E-state index in [1.54, 1.807) is 48.5 Å². The molecule has 0 radical (unpaired) electrons. The Morgan fingerprint density at radius 2 is 1.45 bits per heavy atom. The number of benzene rings is 2. The third kappa shape index (κ3) is 3.88. The van der Waals surface area contributed by atoms with Gasteiger partial charge in [-0.2, -0.15) is 8.42 Å². The molecule has 0 bridgehead atoms. The molecule has 102 valence electrons. The molecule has 5 heteroatoms. The minimum Gasteiger partial charge on any atom is -0.289 e. The third-order valence-corrected chi connectivity index (χ3v) is 3.12. The monoisotopic (exact) mass is 288 g/mol. The van der Waals surface area contributed by atoms with Crippen LogP contribution in [-0.4, -0.2) is 18.8 Å². The first-order valence-corrected chi connectivity index (χ1v) is 7.31. The lowest BCUT2D eigenvalue weighted by atomic mass is 10.0. The lowest BCUT2D eigenvalue weighted by Crippen LogP contribution is -2.00. The highest BCUT2D eigenvalue weighted by Crippen LogP contribution is 2.12. The number of rotatable bonds is 4. The van der Waals surface area contributed by atoms with Crippen molar-refractivity contribution in [1.29, 1.82) is 0 Å². The zero-order valence-electron chi connectivity index (χ0n) is 10.4. The first kappa shape index (κ1) is 14.2. The number of ketones is 1. The Labute approximate surface area is 117 Å². The molecule has 0 fully saturated rings. The van der Waals surface area contributed by atoms with Gasteiger partial charge in [-0.15, -0.1) is 0 Å². The molecule has 0 heterocycles. The molecule has 0 atom stereocenters. The van der Waals surface area contributed by atoms with Crippen molar-refractivity contribution in [2.45, 2.75) is 0 Å². The Hall–Kier alpha value is -2.24. The number of carbonyl (C=O) groups is 1. The molecule has 0 saturated carbocycles. The van der Waals surface area contributed by atoms with E-state index in [9.17, 15) is 13.2 Å². The van der Waals surface area contributed by atoms with Gasteiger partial charge in [0.05, 0.1) is 5.41 Å². The average molecular weight is 288 g/mol. The molecule has 0 aromatic heterocycles. The van der Waals surface area contributed by atoms with Gasteiger partial charge >= 0.3 is 0 Å². The van der Waals surface area contributed by atoms with Gasteiger partial charge in [0.1, 0.15) is 0 Å². The molecule has 0 aliphatic heterocycles. The molecule has 0 unspecified atom stereocenters. The van der Waals surface area contributed by atoms with Gasteiger partial charge in [0, 0.05) is 11.1 Å². The maximum absolute atomic E-state index is 12.1. The summed E-state index contributed by atoms with van der Waals surface area (Å²) in [6.07, 6.45) is 1.26. The number of hydrogen-bond donors (Lipinski definition) is 1. The molecule has 2 rings (SSSR count). The SMILES string of the molecule is O=C(c1ccccc1)c1ccc(/C=C/S(=O)(=O)O)cc1. The Kier molecular flexibility index (Phi) is 4.12. The largest absolute Gasteiger partial charge is 0.289 e. The smallest absolute Gasteiger partial charge is 0.287 e. The van der Waals surface area contributed by atoms with Crippen molar-refractivity contribution in [2.75, 3.05) is 0 Å². The summed E-state index contributed by atoms with van der Waals surface area (Å²) in [6, 6.07) is 15.3. The normalized spacial score (nSPS) is 11.7. The molecular weight excluding hydrogens is 276 g/mol. The molecule has 1 N–H and O–H groups in total. The summed E-state index contributed by atoms with van der Waals surface area (Å²) in [5, 5.41) is 0.695. The molecule has 0 amide bonds. The van der Waals surface area contributed by atoms with Gasteiger partial charge in [-0.3, -0.25) is 9.35 Å². The minimum atomic E-state index is -4.14. The summed E-state index contributed by atoms with van der Waals surface area (Å²) in [6.45, 7) is 0. The maximum Gasteiger partial charge on any atom is 0.287 e. The van der Waals surface area contributed by atoms with Crippen molar-refractivity contribution in [2.24, 2.45) is 0 Å². The maximum atomic E-state index is 12.1. The Bertz CT molecular complexity index is 729. The van der Waals surface area contributed by atoms with Crippen LogP contribution in [0.5, 0.6) is 0 Å². The van der Waals surface area contributed by atoms with Crippen LogP contribution in [0.3, 0.4) is 0 Å². The molecule has 0 spiro atoms. The van der Waals surface area contributed by atoms with Crippen LogP contribution in [0, 0.1) is 0 Å². The fourth-order valence-electron chi connectivity index (χ4n) is 1.67. The second-order valence-corrected chi connectivity index (χ2v) is 5.44. The molecule has 20 heavy (non-hydrogen) atoms. The molecule has 0 aliphatic carbocycles. The first-order valence-electron chi connectivity index (χ1n) is 5.81. The number of hydrogen-bond acceptors (Lipinski definition) is 3. The fourth-order valence-corrected chi connectivity index (χ4v) is 2.00. The van der Waals surface area contributed by atoms with Gasteiger partial charge in [-0.1, -0.05) is 54.6 Å². The minimum absolute atomic E-state index is 0.101. The van der Waals surface area contributed by atoms with Crippen LogP contribution in [0.4, 0.5) is 0 Å². The zero-order valence-corrected chi connectivity index (χ0v) is 11.2. The van der Waals surface area contributed by atoms with Crippen molar-refractivity contribution < 1.29 is 17.8 Å². The van der Waals surface area contributed by atoms with Crippen LogP contribution < -0.4 is 0 Å². The summed E-state index contributed by atoms with van der Waals surface area (Å²) in [5.41, 5.74) is 1.68. The van der Waals surface area contributed by atoms with E-state index in [4.69, 9.17) is 4.55 Å². The van der Waals surface area contributed by atoms with E-state index in [2.05, 4.69) is 0 Å². The van der Waals surface area contributed by atoms with Gasteiger partial charge in [0.25, 0.3) is 10.1 Å². The summed E-state index contributed by atoms with van der Waals surface area (Å²) in [5.74, 6) is -0.101. The van der Waals surface area contributed by atoms with E-state index in [1.165, 1.54) is 6.08 Å². The van der Waals surface area contributed by atoms with E-state index in [1.807, 2.05) is 6.07 Å². The predicted molar refractivity (Wildman–Crippen MR) is 76.9 cm³/mol. The molecule has 4 nitrogen and oxygen atoms in total. The molecule has 0 saturated heterocycles. The van der Waals surface area contributed by atoms with Crippen molar-refractivity contribution in [3.8, 4) is 0 Å². The van der Waals surface area contributed by atoms with Crippen LogP contribution in [-0.2, 0) is 10.1 Å². The molecular formula is C15H12O4S. The standard InChI is InChI=1S/C15H12O4S/c16-15(13-4-2-1-3-5-13)14-8-6-12(7-9-14)10-11-20(17,18)19/h1-11H,(H,17,18,19)/b11-10+. The Morgan fingerprint density at radius 1 is 0.900 bits per heavy atom. The van der Waals surface area contributed by atoms with Gasteiger partial charge in [0.2, 0.25) is 0 Å². The van der Waals surface area contributed by atoms with Gasteiger partial charge < -0.3 is 0 Å². The van der Waals surface area contributed by atoms with Crippen LogP contribution in [0.15, 0.2) is 60.0 Å². The number of carbonyl (C=O) groups excluding carboxylic acids is 1. The van der Waals surface area contributed by atoms with Gasteiger partial charge in [-0.05, 0) is 11.6 Å². The molecule has 2 aromatic rings. The van der Waals surface area contributed by atoms with E-state index < -0.39 is 10.1 Å². The average Bonchev–Trinajstić information content (AvgIpc) is 2.45. The predicted octanol–water partition coefficient (Wildman–Crippen LogP) is 2.78. The fraction of sp³-hybridized carbons (Fsp3) is 0. The van der Waals surface area contributed by atoms with Gasteiger partial charge in [-0.25, -0.2) is 0 Å². The van der Waals surface area contributed by atoms with E-state index in [-0.39, 0.29) is 5.78 Å². The summed E-state index contributed by atoms with van der Waals surface area (Å²) >= 11 is 0. The third-order valence-electron chi connectivity index (χ3n) is 2.64. The lowest BCUT2D eigenvalue weighted by Gasteiger charge is -2.01. The zero-order chi connectivity index (χ0) is 14.6. The van der Waals surface area contributed by atoms with Gasteiger partial charge in [0.15, 0.2) is 5.78 Å². The highest BCUT2D eigenvalue weighted by atomic mass is 32.2. The summed E-state index contributed by atoms with van der Waals surface area (Å²) in [7, 11) is -4.14. The van der Waals surface area contributed by atoms with Crippen molar-refractivity contribution in [3.05, 3.63) is 76.7 Å². The van der Waals surface area contributed by atoms with E-state index >= 15 is 0 Å². The Morgan fingerprint density at radius 3 is 2.00 bits per heavy atom. The van der Waals surface area contributed by atoms with Crippen molar-refractivity contribution >= 4 is 22.0 Å². The second-order valence-electron chi connectivity index (χ2n) is 4.13.